The van der Waals surface area contributed by atoms with E-state index in [9.17, 15) is 14.4 Å². The van der Waals surface area contributed by atoms with Crippen LogP contribution < -0.4 is 15.4 Å². The van der Waals surface area contributed by atoms with Gasteiger partial charge < -0.3 is 19.7 Å². The van der Waals surface area contributed by atoms with Crippen LogP contribution in [0, 0.1) is 5.92 Å². The Labute approximate surface area is 181 Å². The molecule has 3 aliphatic heterocycles. The first-order chi connectivity index (χ1) is 15.1. The maximum Gasteiger partial charge on any atom is 0.255 e. The third kappa shape index (κ3) is 4.19. The monoisotopic (exact) mass is 427 g/mol. The van der Waals surface area contributed by atoms with E-state index < -0.39 is 6.04 Å². The number of benzene rings is 1. The average Bonchev–Trinajstić information content (AvgIpc) is 3.04. The van der Waals surface area contributed by atoms with Crippen LogP contribution in [0.4, 0.5) is 0 Å². The maximum atomic E-state index is 12.9. The Kier molecular flexibility index (Phi) is 5.67. The first-order valence-electron chi connectivity index (χ1n) is 11.3. The Morgan fingerprint density at radius 3 is 2.74 bits per heavy atom. The number of rotatable bonds is 6. The summed E-state index contributed by atoms with van der Waals surface area (Å²) in [5.74, 6) is 0.550. The Hall–Kier alpha value is -2.45. The third-order valence-electron chi connectivity index (χ3n) is 6.86. The van der Waals surface area contributed by atoms with Crippen LogP contribution in [-0.2, 0) is 20.9 Å². The summed E-state index contributed by atoms with van der Waals surface area (Å²) in [6, 6.07) is 5.32. The number of ether oxygens (including phenoxy) is 2. The van der Waals surface area contributed by atoms with E-state index in [1.807, 2.05) is 12.1 Å². The fourth-order valence-electron chi connectivity index (χ4n) is 4.99. The van der Waals surface area contributed by atoms with Gasteiger partial charge in [0.1, 0.15) is 17.9 Å². The second-order valence-corrected chi connectivity index (χ2v) is 9.08. The SMILES string of the molecule is O=C1CCC(N2Cc3cc(O[C@H]4CCCC[C@H]4NCC4COC4)ccc3C2=O)C(=O)N1. The summed E-state index contributed by atoms with van der Waals surface area (Å²) in [5.41, 5.74) is 1.49. The Balaban J connectivity index is 1.25. The summed E-state index contributed by atoms with van der Waals surface area (Å²) in [6.07, 6.45) is 5.21. The molecule has 1 unspecified atom stereocenters. The van der Waals surface area contributed by atoms with Crippen LogP contribution in [-0.4, -0.2) is 60.6 Å². The van der Waals surface area contributed by atoms with Gasteiger partial charge in [0.25, 0.3) is 5.91 Å². The Morgan fingerprint density at radius 1 is 1.13 bits per heavy atom. The molecule has 4 aliphatic rings. The molecule has 0 radical (unpaired) electrons. The Bertz CT molecular complexity index is 884. The molecule has 3 heterocycles. The van der Waals surface area contributed by atoms with Crippen LogP contribution in [0.2, 0.25) is 0 Å². The second kappa shape index (κ2) is 8.59. The molecule has 5 rings (SSSR count). The molecule has 8 heteroatoms. The number of piperidine rings is 1. The van der Waals surface area contributed by atoms with E-state index in [2.05, 4.69) is 10.6 Å². The van der Waals surface area contributed by atoms with E-state index in [1.54, 1.807) is 11.0 Å². The molecule has 0 bridgehead atoms. The van der Waals surface area contributed by atoms with Gasteiger partial charge in [0.2, 0.25) is 11.8 Å². The van der Waals surface area contributed by atoms with E-state index in [0.717, 1.165) is 50.3 Å². The highest BCUT2D eigenvalue weighted by Gasteiger charge is 2.39. The number of nitrogens with one attached hydrogen (secondary N) is 2. The van der Waals surface area contributed by atoms with Crippen molar-refractivity contribution in [3.05, 3.63) is 29.3 Å². The number of hydrogen-bond donors (Lipinski definition) is 2. The summed E-state index contributed by atoms with van der Waals surface area (Å²) < 4.78 is 11.6. The average molecular weight is 428 g/mol. The number of carbonyl (C=O) groups excluding carboxylic acids is 3. The van der Waals surface area contributed by atoms with Crippen LogP contribution in [0.1, 0.15) is 54.4 Å². The fraction of sp³-hybridized carbons (Fsp3) is 0.609. The number of fused-ring (bicyclic) bond motifs is 1. The predicted molar refractivity (Wildman–Crippen MR) is 111 cm³/mol. The zero-order chi connectivity index (χ0) is 21.4. The van der Waals surface area contributed by atoms with Crippen molar-refractivity contribution < 1.29 is 23.9 Å². The van der Waals surface area contributed by atoms with Gasteiger partial charge in [-0.3, -0.25) is 19.7 Å². The second-order valence-electron chi connectivity index (χ2n) is 9.08. The van der Waals surface area contributed by atoms with Crippen LogP contribution in [0.3, 0.4) is 0 Å². The summed E-state index contributed by atoms with van der Waals surface area (Å²) in [5, 5.41) is 6.01. The standard InChI is InChI=1S/C23H29N3O5/c27-21-8-7-19(22(28)25-21)26-11-15-9-16(5-6-17(15)23(26)29)31-20-4-2-1-3-18(20)24-10-14-12-30-13-14/h5-6,9,14,18-20,24H,1-4,7-8,10-13H2,(H,25,27,28)/t18-,19?,20+/m1/s1. The molecule has 0 aromatic heterocycles. The number of hydrogen-bond acceptors (Lipinski definition) is 6. The Morgan fingerprint density at radius 2 is 1.97 bits per heavy atom. The lowest BCUT2D eigenvalue weighted by molar-refractivity contribution is -0.136. The van der Waals surface area contributed by atoms with Gasteiger partial charge >= 0.3 is 0 Å². The van der Waals surface area contributed by atoms with Gasteiger partial charge in [-0.1, -0.05) is 6.42 Å². The van der Waals surface area contributed by atoms with Gasteiger partial charge in [0, 0.05) is 37.0 Å². The van der Waals surface area contributed by atoms with Gasteiger partial charge in [-0.05, 0) is 49.4 Å². The quantitative estimate of drug-likeness (QED) is 0.666. The minimum absolute atomic E-state index is 0.108. The first-order valence-corrected chi connectivity index (χ1v) is 11.3. The maximum absolute atomic E-state index is 12.9. The van der Waals surface area contributed by atoms with Crippen LogP contribution >= 0.6 is 0 Å². The number of carbonyl (C=O) groups is 3. The normalized spacial score (nSPS) is 28.8. The number of amides is 3. The molecule has 3 fully saturated rings. The van der Waals surface area contributed by atoms with Crippen molar-refractivity contribution >= 4 is 17.7 Å². The van der Waals surface area contributed by atoms with Gasteiger partial charge in [0.05, 0.1) is 13.2 Å². The van der Waals surface area contributed by atoms with Crippen molar-refractivity contribution in [3.63, 3.8) is 0 Å². The van der Waals surface area contributed by atoms with Crippen molar-refractivity contribution in [2.75, 3.05) is 19.8 Å². The lowest BCUT2D eigenvalue weighted by Crippen LogP contribution is -2.52. The molecular formula is C23H29N3O5. The molecule has 2 saturated heterocycles. The molecule has 2 N–H and O–H groups in total. The molecule has 166 valence electrons. The largest absolute Gasteiger partial charge is 0.489 e. The van der Waals surface area contributed by atoms with Gasteiger partial charge in [-0.15, -0.1) is 0 Å². The fourth-order valence-corrected chi connectivity index (χ4v) is 4.99. The zero-order valence-corrected chi connectivity index (χ0v) is 17.6. The minimum Gasteiger partial charge on any atom is -0.489 e. The highest BCUT2D eigenvalue weighted by Crippen LogP contribution is 2.32. The molecule has 1 aromatic rings. The van der Waals surface area contributed by atoms with Gasteiger partial charge in [0.15, 0.2) is 0 Å². The molecule has 1 saturated carbocycles. The molecular weight excluding hydrogens is 398 g/mol. The molecule has 3 amide bonds. The van der Waals surface area contributed by atoms with Crippen LogP contribution in [0.15, 0.2) is 18.2 Å². The van der Waals surface area contributed by atoms with Crippen LogP contribution in [0.25, 0.3) is 0 Å². The van der Waals surface area contributed by atoms with Crippen LogP contribution in [0.5, 0.6) is 5.75 Å². The van der Waals surface area contributed by atoms with Crippen molar-refractivity contribution in [1.82, 2.24) is 15.5 Å². The molecule has 1 aliphatic carbocycles. The summed E-state index contributed by atoms with van der Waals surface area (Å²) in [6.45, 7) is 3.01. The van der Waals surface area contributed by atoms with E-state index >= 15 is 0 Å². The minimum atomic E-state index is -0.593. The first kappa shape index (κ1) is 20.5. The van der Waals surface area contributed by atoms with E-state index in [-0.39, 0.29) is 30.2 Å². The lowest BCUT2D eigenvalue weighted by atomic mass is 9.91. The lowest BCUT2D eigenvalue weighted by Gasteiger charge is -2.35. The highest BCUT2D eigenvalue weighted by molar-refractivity contribution is 6.05. The summed E-state index contributed by atoms with van der Waals surface area (Å²) in [4.78, 5) is 38.1. The van der Waals surface area contributed by atoms with Crippen molar-refractivity contribution in [3.8, 4) is 5.75 Å². The topological polar surface area (TPSA) is 97.0 Å². The van der Waals surface area contributed by atoms with Crippen molar-refractivity contribution in [1.29, 1.82) is 0 Å². The predicted octanol–water partition coefficient (Wildman–Crippen LogP) is 1.37. The zero-order valence-electron chi connectivity index (χ0n) is 17.6. The van der Waals surface area contributed by atoms with E-state index in [4.69, 9.17) is 9.47 Å². The summed E-state index contributed by atoms with van der Waals surface area (Å²) >= 11 is 0. The molecule has 1 aromatic carbocycles. The smallest absolute Gasteiger partial charge is 0.255 e. The molecule has 0 spiro atoms. The molecule has 3 atom stereocenters. The highest BCUT2D eigenvalue weighted by atomic mass is 16.5. The van der Waals surface area contributed by atoms with E-state index in [1.165, 1.54) is 6.42 Å². The molecule has 31 heavy (non-hydrogen) atoms. The van der Waals surface area contributed by atoms with Crippen molar-refractivity contribution in [2.24, 2.45) is 5.92 Å². The van der Waals surface area contributed by atoms with Crippen molar-refractivity contribution in [2.45, 2.75) is 63.3 Å². The number of imide groups is 1. The van der Waals surface area contributed by atoms with Gasteiger partial charge in [-0.25, -0.2) is 0 Å². The number of nitrogens with zero attached hydrogens (tertiary/aromatic N) is 1. The van der Waals surface area contributed by atoms with Gasteiger partial charge in [-0.2, -0.15) is 0 Å². The molecule has 8 nitrogen and oxygen atoms in total. The van der Waals surface area contributed by atoms with E-state index in [0.29, 0.717) is 30.5 Å². The summed E-state index contributed by atoms with van der Waals surface area (Å²) in [7, 11) is 0. The third-order valence-corrected chi connectivity index (χ3v) is 6.86.